The smallest absolute Gasteiger partial charge is 0.147 e. The van der Waals surface area contributed by atoms with E-state index in [0.29, 0.717) is 18.1 Å². The first kappa shape index (κ1) is 49.5. The van der Waals surface area contributed by atoms with Gasteiger partial charge >= 0.3 is 372 Å². The molecule has 2 fully saturated rings. The van der Waals surface area contributed by atoms with E-state index in [2.05, 4.69) is 141 Å². The molecule has 334 valence electrons. The maximum absolute atomic E-state index is 4.00. The summed E-state index contributed by atoms with van der Waals surface area (Å²) in [6.07, 6.45) is 32.7. The number of rotatable bonds is 14. The minimum atomic E-state index is -4.00. The molecule has 4 aromatic rings. The number of aryl methyl sites for hydroxylation is 2. The van der Waals surface area contributed by atoms with Gasteiger partial charge in [0.25, 0.3) is 0 Å². The third-order valence-corrected chi connectivity index (χ3v) is 34.1. The topological polar surface area (TPSA) is 0 Å². The van der Waals surface area contributed by atoms with E-state index in [4.69, 9.17) is 0 Å². The molecule has 0 saturated heterocycles. The molecule has 4 heteroatoms. The predicted octanol–water partition coefficient (Wildman–Crippen LogP) is 18.0. The van der Waals surface area contributed by atoms with E-state index in [1.807, 2.05) is 11.1 Å². The normalized spacial score (nSPS) is 20.7. The van der Waals surface area contributed by atoms with Gasteiger partial charge in [0.05, 0.1) is 0 Å². The summed E-state index contributed by atoms with van der Waals surface area (Å²) in [7, 11) is 0. The number of fused-ring (bicyclic) bond motifs is 2. The molecule has 0 heterocycles. The fourth-order valence-electron chi connectivity index (χ4n) is 13.9. The summed E-state index contributed by atoms with van der Waals surface area (Å²) in [5, 5.41) is 0. The van der Waals surface area contributed by atoms with Crippen LogP contribution in [0.2, 0.25) is 9.26 Å². The van der Waals surface area contributed by atoms with Crippen molar-refractivity contribution in [1.82, 2.24) is 0 Å². The van der Waals surface area contributed by atoms with Crippen LogP contribution in [0.25, 0.3) is 34.4 Å². The Morgan fingerprint density at radius 3 is 1.18 bits per heavy atom. The molecule has 0 N–H and O–H groups in total. The van der Waals surface area contributed by atoms with Gasteiger partial charge in [0.2, 0.25) is 0 Å². The number of allylic oxidation sites excluding steroid dienone is 2. The number of hydrogen-bond acceptors (Lipinski definition) is 0. The van der Waals surface area contributed by atoms with Crippen LogP contribution in [0.3, 0.4) is 0 Å². The van der Waals surface area contributed by atoms with Gasteiger partial charge in [-0.15, -0.1) is 24.8 Å². The van der Waals surface area contributed by atoms with Gasteiger partial charge < -0.3 is 0 Å². The fourth-order valence-corrected chi connectivity index (χ4v) is 33.6. The van der Waals surface area contributed by atoms with Crippen molar-refractivity contribution in [2.24, 2.45) is 10.8 Å². The van der Waals surface area contributed by atoms with Crippen molar-refractivity contribution >= 4 is 43.8 Å². The van der Waals surface area contributed by atoms with Crippen LogP contribution in [-0.4, -0.2) is 6.88 Å². The Morgan fingerprint density at radius 2 is 0.855 bits per heavy atom. The standard InChI is InChI=1S/2C28H35.2CH3.2ClH.H2Si.Zr/c2*1-3-16-28(17-7-5-6-8-18-28)21-23-19-25-10-9-11-26(27(25)20-23)24-14-12-22(4-2)13-15-24;;;;;;/h2*9-15,19-20H,3-8,16-18,21H2,1-2H3;2*1H3;2*1H;1H2;. The third kappa shape index (κ3) is 9.91. The van der Waals surface area contributed by atoms with Crippen molar-refractivity contribution in [2.45, 2.75) is 173 Å². The first-order valence-electron chi connectivity index (χ1n) is 24.9. The Labute approximate surface area is 393 Å². The average molecular weight is 967 g/mol. The Morgan fingerprint density at radius 1 is 0.500 bits per heavy atom. The quantitative estimate of drug-likeness (QED) is 0.0873. The molecular formula is C58H80Cl2SiZr. The molecule has 8 rings (SSSR count). The summed E-state index contributed by atoms with van der Waals surface area (Å²) in [5.74, 6) is 0. The van der Waals surface area contributed by atoms with Crippen LogP contribution < -0.4 is 0 Å². The van der Waals surface area contributed by atoms with Gasteiger partial charge in [0.15, 0.2) is 0 Å². The third-order valence-electron chi connectivity index (χ3n) is 16.6. The first-order valence-corrected chi connectivity index (χ1v) is 38.6. The molecule has 0 radical (unpaired) electrons. The summed E-state index contributed by atoms with van der Waals surface area (Å²) in [6, 6.07) is 34.1. The van der Waals surface area contributed by atoms with Crippen molar-refractivity contribution in [3.63, 3.8) is 0 Å². The van der Waals surface area contributed by atoms with E-state index < -0.39 is 17.4 Å². The summed E-state index contributed by atoms with van der Waals surface area (Å²) in [5.41, 5.74) is 19.5. The van der Waals surface area contributed by atoms with E-state index in [1.165, 1.54) is 149 Å². The van der Waals surface area contributed by atoms with Crippen LogP contribution in [0, 0.1) is 10.8 Å². The van der Waals surface area contributed by atoms with Gasteiger partial charge in [-0.3, -0.25) is 0 Å². The van der Waals surface area contributed by atoms with Gasteiger partial charge in [0.1, 0.15) is 0 Å². The number of halogens is 2. The van der Waals surface area contributed by atoms with Crippen LogP contribution in [0.1, 0.15) is 184 Å². The summed E-state index contributed by atoms with van der Waals surface area (Å²) < 4.78 is 6.97. The van der Waals surface area contributed by atoms with Crippen LogP contribution in [0.15, 0.2) is 96.1 Å². The van der Waals surface area contributed by atoms with E-state index in [9.17, 15) is 0 Å². The zero-order valence-corrected chi connectivity index (χ0v) is 45.1. The molecule has 2 atom stereocenters. The molecule has 0 aromatic heterocycles. The number of benzene rings is 4. The molecule has 4 aliphatic carbocycles. The van der Waals surface area contributed by atoms with Gasteiger partial charge in [0, 0.05) is 0 Å². The monoisotopic (exact) mass is 964 g/mol. The van der Waals surface area contributed by atoms with Crippen molar-refractivity contribution in [3.05, 3.63) is 129 Å². The molecule has 4 aromatic carbocycles. The number of hydrogen-bond donors (Lipinski definition) is 0. The van der Waals surface area contributed by atoms with Crippen LogP contribution in [-0.2, 0) is 30.2 Å². The molecule has 0 aliphatic heterocycles. The Hall–Kier alpha value is -1.96. The molecule has 0 nitrogen and oxygen atoms in total. The van der Waals surface area contributed by atoms with Crippen molar-refractivity contribution in [2.75, 3.05) is 0 Å². The second kappa shape index (κ2) is 20.7. The summed E-state index contributed by atoms with van der Waals surface area (Å²) in [6.45, 7) is 12.1. The molecule has 2 saturated carbocycles. The Bertz CT molecular complexity index is 2100. The molecule has 0 spiro atoms. The molecule has 4 aliphatic rings. The van der Waals surface area contributed by atoms with Crippen LogP contribution in [0.5, 0.6) is 0 Å². The predicted molar refractivity (Wildman–Crippen MR) is 278 cm³/mol. The fraction of sp³-hybridized carbons (Fsp3) is 0.517. The zero-order valence-electron chi connectivity index (χ0n) is 39.6. The minimum absolute atomic E-state index is 0. The van der Waals surface area contributed by atoms with Crippen molar-refractivity contribution in [1.29, 1.82) is 0 Å². The second-order valence-electron chi connectivity index (χ2n) is 21.6. The second-order valence-corrected chi connectivity index (χ2v) is 52.1. The SMILES string of the molecule is CCCC1(CC2=Cc3c(-c4ccc(CC)cc4)cccc3[CH]2[Zr]([CH3])([CH3])(=[SiH2])[CH]2C(CC3(CCC)CCCCCC3)=Cc3c(-c4ccc(CC)cc4)cccc32)CCCCCC1.Cl.Cl. The van der Waals surface area contributed by atoms with Crippen molar-refractivity contribution < 1.29 is 17.4 Å². The summed E-state index contributed by atoms with van der Waals surface area (Å²) in [4.78, 5) is 0. The molecule has 62 heavy (non-hydrogen) atoms. The van der Waals surface area contributed by atoms with Crippen LogP contribution >= 0.6 is 24.8 Å². The van der Waals surface area contributed by atoms with Gasteiger partial charge in [-0.1, -0.05) is 0 Å². The maximum atomic E-state index is 2.95. The molecule has 0 amide bonds. The van der Waals surface area contributed by atoms with E-state index in [0.717, 1.165) is 12.8 Å². The molecular weight excluding hydrogens is 887 g/mol. The van der Waals surface area contributed by atoms with E-state index >= 15 is 0 Å². The first-order chi connectivity index (χ1) is 29.0. The molecule has 0 bridgehead atoms. The van der Waals surface area contributed by atoms with Gasteiger partial charge in [-0.2, -0.15) is 0 Å². The average Bonchev–Trinajstić information content (AvgIpc) is 3.62. The molecule has 2 unspecified atom stereocenters. The van der Waals surface area contributed by atoms with Gasteiger partial charge in [-0.25, -0.2) is 0 Å². The van der Waals surface area contributed by atoms with E-state index in [1.54, 1.807) is 22.3 Å². The minimum Gasteiger partial charge on any atom is -0.147 e. The van der Waals surface area contributed by atoms with Gasteiger partial charge in [-0.05, 0) is 0 Å². The van der Waals surface area contributed by atoms with E-state index in [-0.39, 0.29) is 24.8 Å². The summed E-state index contributed by atoms with van der Waals surface area (Å²) >= 11 is -4.00. The Balaban J connectivity index is 0.00000321. The Kier molecular flexibility index (Phi) is 16.5. The largest absolute Gasteiger partial charge is 0.147 e. The maximum Gasteiger partial charge on any atom is -0.147 e. The zero-order chi connectivity index (χ0) is 42.0. The van der Waals surface area contributed by atoms with Crippen LogP contribution in [0.4, 0.5) is 0 Å². The van der Waals surface area contributed by atoms with Crippen molar-refractivity contribution in [3.8, 4) is 22.3 Å².